The Morgan fingerprint density at radius 3 is 2.42 bits per heavy atom. The quantitative estimate of drug-likeness (QED) is 0.802. The van der Waals surface area contributed by atoms with E-state index in [1.165, 1.54) is 6.07 Å². The summed E-state index contributed by atoms with van der Waals surface area (Å²) in [6.45, 7) is 4.31. The molecule has 4 nitrogen and oxygen atoms in total. The molecule has 2 saturated heterocycles. The van der Waals surface area contributed by atoms with E-state index in [-0.39, 0.29) is 36.7 Å². The first kappa shape index (κ1) is 17.6. The molecule has 2 heterocycles. The van der Waals surface area contributed by atoms with Crippen molar-refractivity contribution in [1.82, 2.24) is 0 Å². The molecule has 0 aromatic heterocycles. The second-order valence-electron chi connectivity index (χ2n) is 7.06. The molecule has 4 rings (SSSR count). The monoisotopic (exact) mass is 358 g/mol. The van der Waals surface area contributed by atoms with Crippen molar-refractivity contribution in [3.05, 3.63) is 71.5 Å². The molecule has 26 heavy (non-hydrogen) atoms. The Hall–Kier alpha value is -1.79. The fraction of sp³-hybridized carbons (Fsp3) is 0.429. The third kappa shape index (κ3) is 3.40. The number of hydrogen-bond donors (Lipinski definition) is 0. The Kier molecular flexibility index (Phi) is 5.05. The molecule has 138 valence electrons. The largest absolute Gasteiger partial charge is 0.368 e. The van der Waals surface area contributed by atoms with E-state index in [0.717, 1.165) is 5.56 Å². The van der Waals surface area contributed by atoms with Crippen molar-refractivity contribution in [2.45, 2.75) is 51.3 Å². The Labute approximate surface area is 152 Å². The zero-order valence-corrected chi connectivity index (χ0v) is 14.9. The summed E-state index contributed by atoms with van der Waals surface area (Å²) in [6, 6.07) is 16.4. The Morgan fingerprint density at radius 1 is 0.962 bits per heavy atom. The van der Waals surface area contributed by atoms with Gasteiger partial charge in [0, 0.05) is 11.1 Å². The molecule has 1 unspecified atom stereocenters. The van der Waals surface area contributed by atoms with Gasteiger partial charge in [-0.25, -0.2) is 4.39 Å². The highest BCUT2D eigenvalue weighted by atomic mass is 19.1. The van der Waals surface area contributed by atoms with E-state index in [1.807, 2.05) is 30.3 Å². The molecule has 0 amide bonds. The summed E-state index contributed by atoms with van der Waals surface area (Å²) >= 11 is 0. The maximum Gasteiger partial charge on any atom is 0.190 e. The van der Waals surface area contributed by atoms with Crippen LogP contribution in [-0.2, 0) is 25.6 Å². The van der Waals surface area contributed by atoms with Crippen LogP contribution in [0.4, 0.5) is 4.39 Å². The highest BCUT2D eigenvalue weighted by Crippen LogP contribution is 2.42. The summed E-state index contributed by atoms with van der Waals surface area (Å²) in [4.78, 5) is 0. The molecular formula is C21H23FO4. The van der Waals surface area contributed by atoms with Crippen molar-refractivity contribution in [3.63, 3.8) is 0 Å². The van der Waals surface area contributed by atoms with E-state index in [1.54, 1.807) is 18.2 Å². The number of rotatable bonds is 5. The first-order chi connectivity index (χ1) is 12.6. The van der Waals surface area contributed by atoms with Crippen molar-refractivity contribution in [3.8, 4) is 0 Å². The van der Waals surface area contributed by atoms with Gasteiger partial charge in [0.2, 0.25) is 0 Å². The predicted octanol–water partition coefficient (Wildman–Crippen LogP) is 4.21. The van der Waals surface area contributed by atoms with E-state index in [9.17, 15) is 4.39 Å². The van der Waals surface area contributed by atoms with E-state index in [4.69, 9.17) is 18.9 Å². The fourth-order valence-electron chi connectivity index (χ4n) is 3.49. The van der Waals surface area contributed by atoms with Crippen molar-refractivity contribution in [1.29, 1.82) is 0 Å². The molecule has 5 heteroatoms. The minimum atomic E-state index is -0.474. The SMILES string of the molecule is CC(C)[C@H]1O[C@@H]2OC(c3ccccc3)O[C@@H]2[C@H]1OCc1ccccc1F. The summed E-state index contributed by atoms with van der Waals surface area (Å²) in [5.41, 5.74) is 1.47. The summed E-state index contributed by atoms with van der Waals surface area (Å²) in [6.07, 6.45) is -1.75. The number of hydrogen-bond acceptors (Lipinski definition) is 4. The smallest absolute Gasteiger partial charge is 0.190 e. The summed E-state index contributed by atoms with van der Waals surface area (Å²) < 4.78 is 38.1. The van der Waals surface area contributed by atoms with Gasteiger partial charge < -0.3 is 18.9 Å². The van der Waals surface area contributed by atoms with Gasteiger partial charge in [0.25, 0.3) is 0 Å². The van der Waals surface area contributed by atoms with Crippen molar-refractivity contribution < 1.29 is 23.3 Å². The van der Waals surface area contributed by atoms with Crippen LogP contribution >= 0.6 is 0 Å². The van der Waals surface area contributed by atoms with Gasteiger partial charge in [0.05, 0.1) is 12.7 Å². The average molecular weight is 358 g/mol. The van der Waals surface area contributed by atoms with Crippen LogP contribution in [0.3, 0.4) is 0 Å². The third-order valence-electron chi connectivity index (χ3n) is 4.86. The van der Waals surface area contributed by atoms with Gasteiger partial charge in [-0.15, -0.1) is 0 Å². The van der Waals surface area contributed by atoms with Gasteiger partial charge in [0.15, 0.2) is 12.6 Å². The second-order valence-corrected chi connectivity index (χ2v) is 7.06. The van der Waals surface area contributed by atoms with Gasteiger partial charge >= 0.3 is 0 Å². The third-order valence-corrected chi connectivity index (χ3v) is 4.86. The van der Waals surface area contributed by atoms with Crippen molar-refractivity contribution >= 4 is 0 Å². The maximum absolute atomic E-state index is 13.9. The number of halogens is 1. The maximum atomic E-state index is 13.9. The number of ether oxygens (including phenoxy) is 4. The first-order valence-electron chi connectivity index (χ1n) is 9.00. The van der Waals surface area contributed by atoms with Crippen LogP contribution in [0.15, 0.2) is 54.6 Å². The molecule has 2 aromatic rings. The molecule has 0 bridgehead atoms. The van der Waals surface area contributed by atoms with Crippen LogP contribution in [0.2, 0.25) is 0 Å². The molecule has 2 aliphatic heterocycles. The molecule has 0 spiro atoms. The minimum Gasteiger partial charge on any atom is -0.368 e. The molecule has 0 N–H and O–H groups in total. The van der Waals surface area contributed by atoms with Gasteiger partial charge in [-0.3, -0.25) is 0 Å². The van der Waals surface area contributed by atoms with Crippen LogP contribution in [0, 0.1) is 11.7 Å². The second kappa shape index (κ2) is 7.45. The first-order valence-corrected chi connectivity index (χ1v) is 9.00. The minimum absolute atomic E-state index is 0.159. The predicted molar refractivity (Wildman–Crippen MR) is 93.6 cm³/mol. The summed E-state index contributed by atoms with van der Waals surface area (Å²) in [7, 11) is 0. The number of benzene rings is 2. The van der Waals surface area contributed by atoms with Gasteiger partial charge in [0.1, 0.15) is 18.0 Å². The average Bonchev–Trinajstić information content (AvgIpc) is 3.20. The van der Waals surface area contributed by atoms with Crippen LogP contribution in [0.1, 0.15) is 31.3 Å². The molecule has 2 aliphatic rings. The standard InChI is InChI=1S/C21H23FO4/c1-13(2)17-18(23-12-15-10-6-7-11-16(15)22)19-21(24-17)26-20(25-19)14-8-4-3-5-9-14/h3-11,13,17-21H,12H2,1-2H3/t17-,18+,19-,20?,21-/m1/s1. The van der Waals surface area contributed by atoms with Gasteiger partial charge in [-0.2, -0.15) is 0 Å². The zero-order chi connectivity index (χ0) is 18.1. The van der Waals surface area contributed by atoms with Crippen molar-refractivity contribution in [2.75, 3.05) is 0 Å². The molecule has 0 saturated carbocycles. The lowest BCUT2D eigenvalue weighted by molar-refractivity contribution is -0.184. The fourth-order valence-corrected chi connectivity index (χ4v) is 3.49. The Balaban J connectivity index is 1.49. The highest BCUT2D eigenvalue weighted by Gasteiger charge is 2.53. The van der Waals surface area contributed by atoms with Gasteiger partial charge in [-0.05, 0) is 12.0 Å². The lowest BCUT2D eigenvalue weighted by atomic mass is 10.00. The normalized spacial score (nSPS) is 30.7. The Morgan fingerprint density at radius 2 is 1.69 bits per heavy atom. The highest BCUT2D eigenvalue weighted by molar-refractivity contribution is 5.18. The summed E-state index contributed by atoms with van der Waals surface area (Å²) in [5, 5.41) is 0. The van der Waals surface area contributed by atoms with E-state index in [0.29, 0.717) is 5.56 Å². The molecule has 0 aliphatic carbocycles. The molecule has 5 atom stereocenters. The zero-order valence-electron chi connectivity index (χ0n) is 14.9. The van der Waals surface area contributed by atoms with Crippen LogP contribution in [0.25, 0.3) is 0 Å². The molecule has 0 radical (unpaired) electrons. The molecule has 2 aromatic carbocycles. The summed E-state index contributed by atoms with van der Waals surface area (Å²) in [5.74, 6) is -0.0385. The van der Waals surface area contributed by atoms with Crippen molar-refractivity contribution in [2.24, 2.45) is 5.92 Å². The lowest BCUT2D eigenvalue weighted by Crippen LogP contribution is -2.37. The number of fused-ring (bicyclic) bond motifs is 1. The van der Waals surface area contributed by atoms with Crippen LogP contribution < -0.4 is 0 Å². The van der Waals surface area contributed by atoms with E-state index >= 15 is 0 Å². The Bertz CT molecular complexity index is 736. The van der Waals surface area contributed by atoms with Gasteiger partial charge in [-0.1, -0.05) is 62.4 Å². The molecule has 2 fully saturated rings. The van der Waals surface area contributed by atoms with E-state index in [2.05, 4.69) is 13.8 Å². The van der Waals surface area contributed by atoms with Crippen LogP contribution in [-0.4, -0.2) is 24.6 Å². The molecular weight excluding hydrogens is 335 g/mol. The van der Waals surface area contributed by atoms with E-state index < -0.39 is 12.6 Å². The lowest BCUT2D eigenvalue weighted by Gasteiger charge is -2.26. The van der Waals surface area contributed by atoms with Crippen LogP contribution in [0.5, 0.6) is 0 Å². The topological polar surface area (TPSA) is 36.9 Å².